The molecule has 0 saturated carbocycles. The fraction of sp³-hybridized carbons (Fsp3) is 0.478. The molecule has 25 heavy (non-hydrogen) atoms. The largest absolute Gasteiger partial charge is 0.456 e. The van der Waals surface area contributed by atoms with Gasteiger partial charge < -0.3 is 9.32 Å². The van der Waals surface area contributed by atoms with Crippen LogP contribution >= 0.6 is 0 Å². The number of para-hydroxylation sites is 1. The highest BCUT2D eigenvalue weighted by Gasteiger charge is 2.56. The van der Waals surface area contributed by atoms with E-state index in [0.717, 1.165) is 11.2 Å². The minimum Gasteiger partial charge on any atom is -0.456 e. The molecule has 1 saturated heterocycles. The molecular formula is C23H29NO. The van der Waals surface area contributed by atoms with E-state index in [1.807, 2.05) is 6.07 Å². The minimum atomic E-state index is 0.0779. The van der Waals surface area contributed by atoms with Gasteiger partial charge in [-0.05, 0) is 70.2 Å². The number of rotatable bonds is 1. The topological polar surface area (TPSA) is 16.4 Å². The highest BCUT2D eigenvalue weighted by molar-refractivity contribution is 6.08. The van der Waals surface area contributed by atoms with Crippen LogP contribution < -0.4 is 4.90 Å². The zero-order valence-corrected chi connectivity index (χ0v) is 16.5. The molecule has 3 aromatic rings. The van der Waals surface area contributed by atoms with Crippen molar-refractivity contribution in [3.05, 3.63) is 42.0 Å². The lowest BCUT2D eigenvalue weighted by Crippen LogP contribution is -2.52. The highest BCUT2D eigenvalue weighted by atomic mass is 16.3. The molecule has 4 rings (SSSR count). The van der Waals surface area contributed by atoms with Crippen molar-refractivity contribution in [1.29, 1.82) is 0 Å². The van der Waals surface area contributed by atoms with Crippen molar-refractivity contribution in [3.63, 3.8) is 0 Å². The van der Waals surface area contributed by atoms with Crippen LogP contribution in [-0.2, 0) is 0 Å². The second-order valence-corrected chi connectivity index (χ2v) is 9.45. The van der Waals surface area contributed by atoms with Crippen LogP contribution in [0.2, 0.25) is 0 Å². The Morgan fingerprint density at radius 3 is 2.20 bits per heavy atom. The third kappa shape index (κ3) is 2.09. The van der Waals surface area contributed by atoms with Gasteiger partial charge in [0.25, 0.3) is 0 Å². The average Bonchev–Trinajstić information content (AvgIpc) is 2.92. The predicted octanol–water partition coefficient (Wildman–Crippen LogP) is 6.69. The first-order chi connectivity index (χ1) is 11.6. The van der Waals surface area contributed by atoms with Crippen LogP contribution in [0.3, 0.4) is 0 Å². The van der Waals surface area contributed by atoms with Gasteiger partial charge in [0, 0.05) is 27.5 Å². The normalized spacial score (nSPS) is 21.3. The SMILES string of the molecule is Cc1c(N2C(C)(C)CC(C)(C)C2(C)C)ccc2oc3ccccc3c12. The molecule has 2 nitrogen and oxygen atoms in total. The van der Waals surface area contributed by atoms with Crippen molar-refractivity contribution in [2.45, 2.75) is 66.0 Å². The standard InChI is InChI=1S/C23H29NO/c1-15-17(24-22(4,5)14-21(2,3)23(24,6)7)12-13-19-20(15)16-10-8-9-11-18(16)25-19/h8-13H,14H2,1-7H3. The van der Waals surface area contributed by atoms with Crippen LogP contribution in [0.5, 0.6) is 0 Å². The fourth-order valence-electron chi connectivity index (χ4n) is 5.28. The van der Waals surface area contributed by atoms with Gasteiger partial charge in [0.2, 0.25) is 0 Å². The summed E-state index contributed by atoms with van der Waals surface area (Å²) in [6.07, 6.45) is 1.18. The van der Waals surface area contributed by atoms with Crippen LogP contribution in [-0.4, -0.2) is 11.1 Å². The van der Waals surface area contributed by atoms with Crippen LogP contribution in [0.1, 0.15) is 53.5 Å². The van der Waals surface area contributed by atoms with Gasteiger partial charge in [-0.2, -0.15) is 0 Å². The minimum absolute atomic E-state index is 0.0779. The molecule has 0 bridgehead atoms. The van der Waals surface area contributed by atoms with Gasteiger partial charge in [0.05, 0.1) is 0 Å². The van der Waals surface area contributed by atoms with Gasteiger partial charge in [-0.1, -0.05) is 32.0 Å². The Morgan fingerprint density at radius 1 is 0.880 bits per heavy atom. The number of hydrogen-bond acceptors (Lipinski definition) is 2. The molecule has 1 aliphatic heterocycles. The van der Waals surface area contributed by atoms with E-state index in [4.69, 9.17) is 4.42 Å². The fourth-order valence-corrected chi connectivity index (χ4v) is 5.28. The van der Waals surface area contributed by atoms with Crippen LogP contribution in [0.25, 0.3) is 21.9 Å². The van der Waals surface area contributed by atoms with Crippen molar-refractivity contribution < 1.29 is 4.42 Å². The van der Waals surface area contributed by atoms with Crippen molar-refractivity contribution >= 4 is 27.6 Å². The number of hydrogen-bond donors (Lipinski definition) is 0. The molecule has 1 aromatic heterocycles. The maximum Gasteiger partial charge on any atom is 0.135 e. The molecule has 1 aliphatic rings. The first kappa shape index (κ1) is 16.5. The summed E-state index contributed by atoms with van der Waals surface area (Å²) >= 11 is 0. The molecule has 1 fully saturated rings. The van der Waals surface area contributed by atoms with E-state index < -0.39 is 0 Å². The average molecular weight is 335 g/mol. The Kier molecular flexibility index (Phi) is 3.18. The highest BCUT2D eigenvalue weighted by Crippen LogP contribution is 2.55. The monoisotopic (exact) mass is 335 g/mol. The molecule has 0 aliphatic carbocycles. The Hall–Kier alpha value is -1.96. The Morgan fingerprint density at radius 2 is 1.56 bits per heavy atom. The van der Waals surface area contributed by atoms with E-state index in [0.29, 0.717) is 0 Å². The summed E-state index contributed by atoms with van der Waals surface area (Å²) in [5.41, 5.74) is 5.05. The van der Waals surface area contributed by atoms with Crippen molar-refractivity contribution in [1.82, 2.24) is 0 Å². The summed E-state index contributed by atoms with van der Waals surface area (Å²) in [5.74, 6) is 0. The number of anilines is 1. The summed E-state index contributed by atoms with van der Waals surface area (Å²) in [6, 6.07) is 12.8. The smallest absolute Gasteiger partial charge is 0.135 e. The second kappa shape index (κ2) is 4.81. The molecule has 0 unspecified atom stereocenters. The van der Waals surface area contributed by atoms with Gasteiger partial charge in [0.1, 0.15) is 11.2 Å². The lowest BCUT2D eigenvalue weighted by Gasteiger charge is -2.46. The first-order valence-electron chi connectivity index (χ1n) is 9.27. The summed E-state index contributed by atoms with van der Waals surface area (Å²) in [4.78, 5) is 2.65. The second-order valence-electron chi connectivity index (χ2n) is 9.45. The number of aryl methyl sites for hydroxylation is 1. The molecule has 0 amide bonds. The zero-order valence-electron chi connectivity index (χ0n) is 16.5. The maximum atomic E-state index is 6.08. The lowest BCUT2D eigenvalue weighted by molar-refractivity contribution is 0.243. The molecule has 0 radical (unpaired) electrons. The predicted molar refractivity (Wildman–Crippen MR) is 107 cm³/mol. The van der Waals surface area contributed by atoms with Crippen LogP contribution in [0.15, 0.2) is 40.8 Å². The van der Waals surface area contributed by atoms with Crippen molar-refractivity contribution in [3.8, 4) is 0 Å². The molecule has 132 valence electrons. The van der Waals surface area contributed by atoms with E-state index in [2.05, 4.69) is 83.7 Å². The van der Waals surface area contributed by atoms with E-state index in [1.165, 1.54) is 28.4 Å². The van der Waals surface area contributed by atoms with E-state index >= 15 is 0 Å². The van der Waals surface area contributed by atoms with Gasteiger partial charge in [0.15, 0.2) is 0 Å². The number of nitrogens with zero attached hydrogens (tertiary/aromatic N) is 1. The third-order valence-electron chi connectivity index (χ3n) is 6.71. The Balaban J connectivity index is 2.01. The number of furan rings is 1. The van der Waals surface area contributed by atoms with Gasteiger partial charge in [-0.15, -0.1) is 0 Å². The zero-order chi connectivity index (χ0) is 18.2. The molecule has 2 heteroatoms. The molecule has 0 N–H and O–H groups in total. The third-order valence-corrected chi connectivity index (χ3v) is 6.71. The maximum absolute atomic E-state index is 6.08. The molecule has 0 spiro atoms. The number of benzene rings is 2. The Labute approximate surface area is 150 Å². The van der Waals surface area contributed by atoms with Gasteiger partial charge in [-0.25, -0.2) is 0 Å². The molecule has 2 heterocycles. The van der Waals surface area contributed by atoms with E-state index in [1.54, 1.807) is 0 Å². The first-order valence-corrected chi connectivity index (χ1v) is 9.27. The summed E-state index contributed by atoms with van der Waals surface area (Å²) in [7, 11) is 0. The molecule has 2 aromatic carbocycles. The lowest BCUT2D eigenvalue weighted by atomic mass is 9.74. The summed E-state index contributed by atoms with van der Waals surface area (Å²) < 4.78 is 6.08. The van der Waals surface area contributed by atoms with Crippen molar-refractivity contribution in [2.75, 3.05) is 4.90 Å². The summed E-state index contributed by atoms with van der Waals surface area (Å²) in [6.45, 7) is 16.6. The number of fused-ring (bicyclic) bond motifs is 3. The van der Waals surface area contributed by atoms with Crippen LogP contribution in [0.4, 0.5) is 5.69 Å². The van der Waals surface area contributed by atoms with Crippen molar-refractivity contribution in [2.24, 2.45) is 5.41 Å². The van der Waals surface area contributed by atoms with E-state index in [-0.39, 0.29) is 16.5 Å². The summed E-state index contributed by atoms with van der Waals surface area (Å²) in [5, 5.41) is 2.47. The molecule has 0 atom stereocenters. The Bertz CT molecular complexity index is 974. The molecular weight excluding hydrogens is 306 g/mol. The van der Waals surface area contributed by atoms with E-state index in [9.17, 15) is 0 Å². The van der Waals surface area contributed by atoms with Crippen LogP contribution in [0, 0.1) is 12.3 Å². The quantitative estimate of drug-likeness (QED) is 0.492. The van der Waals surface area contributed by atoms with Gasteiger partial charge in [-0.3, -0.25) is 0 Å². The van der Waals surface area contributed by atoms with Gasteiger partial charge >= 0.3 is 0 Å².